The molecule has 1 nitrogen and oxygen atoms in total. The van der Waals surface area contributed by atoms with E-state index in [0.29, 0.717) is 0 Å². The second-order valence-electron chi connectivity index (χ2n) is 4.18. The van der Waals surface area contributed by atoms with Crippen molar-refractivity contribution in [1.82, 2.24) is 0 Å². The molecule has 3 heteroatoms. The van der Waals surface area contributed by atoms with Crippen molar-refractivity contribution in [2.75, 3.05) is 0 Å². The predicted molar refractivity (Wildman–Crippen MR) is 44.7 cm³/mol. The molecule has 0 unspecified atom stereocenters. The van der Waals surface area contributed by atoms with Crippen LogP contribution in [0.5, 0.6) is 0 Å². The van der Waals surface area contributed by atoms with Gasteiger partial charge in [0.1, 0.15) is 0 Å². The van der Waals surface area contributed by atoms with E-state index < -0.39 is 0 Å². The molecular weight excluding hydrogens is 134 g/mol. The Morgan fingerprint density at radius 2 is 1.73 bits per heavy atom. The van der Waals surface area contributed by atoms with Crippen LogP contribution in [-0.2, 0) is 4.79 Å². The lowest BCUT2D eigenvalue weighted by molar-refractivity contribution is -0.120. The van der Waals surface area contributed by atoms with Crippen molar-refractivity contribution in [1.29, 1.82) is 0 Å². The molecule has 4 radical (unpaired) electrons. The maximum Gasteiger partial charge on any atom is 0.168 e. The molecule has 0 spiro atoms. The first-order chi connectivity index (χ1) is 5.06. The third kappa shape index (κ3) is 0.896. The molecule has 11 heavy (non-hydrogen) atoms. The van der Waals surface area contributed by atoms with Gasteiger partial charge in [-0.1, -0.05) is 18.2 Å². The zero-order valence-corrected chi connectivity index (χ0v) is 6.60. The number of fused-ring (bicyclic) bond motifs is 2. The number of carbonyl (C=O) groups excluding carboxylic acids is 1. The summed E-state index contributed by atoms with van der Waals surface area (Å²) < 4.78 is 0. The Bertz CT molecular complexity index is 204. The fourth-order valence-electron chi connectivity index (χ4n) is 2.59. The van der Waals surface area contributed by atoms with Crippen LogP contribution in [0.25, 0.3) is 0 Å². The van der Waals surface area contributed by atoms with Crippen molar-refractivity contribution >= 4 is 21.4 Å². The predicted octanol–water partition coefficient (Wildman–Crippen LogP) is 0.973. The molecule has 2 fully saturated rings. The van der Waals surface area contributed by atoms with Gasteiger partial charge in [-0.15, -0.1) is 0 Å². The molecule has 2 saturated carbocycles. The maximum atomic E-state index is 11.1. The molecule has 0 aromatic heterocycles. The second kappa shape index (κ2) is 1.94. The maximum absolute atomic E-state index is 11.1. The fourth-order valence-corrected chi connectivity index (χ4v) is 2.59. The summed E-state index contributed by atoms with van der Waals surface area (Å²) in [5.41, 5.74) is -0.350. The largest absolute Gasteiger partial charge is 0.312 e. The van der Waals surface area contributed by atoms with Gasteiger partial charge in [0.25, 0.3) is 0 Å². The Morgan fingerprint density at radius 3 is 1.91 bits per heavy atom. The third-order valence-electron chi connectivity index (χ3n) is 3.42. The molecule has 0 aromatic rings. The Balaban J connectivity index is 2.27. The molecule has 2 bridgehead atoms. The van der Waals surface area contributed by atoms with Gasteiger partial charge in [-0.05, 0) is 19.3 Å². The van der Waals surface area contributed by atoms with E-state index in [-0.39, 0.29) is 16.4 Å². The molecule has 0 aliphatic heterocycles. The summed E-state index contributed by atoms with van der Waals surface area (Å²) in [6, 6.07) is 0. The quantitative estimate of drug-likeness (QED) is 0.501. The molecular formula is C8H10B2O. The molecule has 54 valence electrons. The number of rotatable bonds is 1. The summed E-state index contributed by atoms with van der Waals surface area (Å²) in [4.78, 5) is 11.1. The molecule has 0 atom stereocenters. The van der Waals surface area contributed by atoms with Crippen LogP contribution in [0.3, 0.4) is 0 Å². The van der Waals surface area contributed by atoms with Gasteiger partial charge in [-0.2, -0.15) is 0 Å². The molecule has 0 saturated heterocycles. The minimum atomic E-state index is -0.214. The van der Waals surface area contributed by atoms with Crippen LogP contribution in [0.4, 0.5) is 0 Å². The first-order valence-electron chi connectivity index (χ1n) is 4.15. The van der Waals surface area contributed by atoms with Gasteiger partial charge in [-0.3, -0.25) is 0 Å². The first-order valence-corrected chi connectivity index (χ1v) is 4.15. The van der Waals surface area contributed by atoms with Crippen LogP contribution in [-0.4, -0.2) is 21.4 Å². The number of carbonyl (C=O) groups is 1. The smallest absolute Gasteiger partial charge is 0.168 e. The summed E-state index contributed by atoms with van der Waals surface area (Å²) in [5, 5.41) is -0.0466. The third-order valence-corrected chi connectivity index (χ3v) is 3.42. The summed E-state index contributed by atoms with van der Waals surface area (Å²) >= 11 is 0. The van der Waals surface area contributed by atoms with E-state index in [1.54, 1.807) is 0 Å². The van der Waals surface area contributed by atoms with E-state index in [4.69, 9.17) is 15.7 Å². The molecule has 2 aliphatic carbocycles. The van der Waals surface area contributed by atoms with Gasteiger partial charge in [0.05, 0.1) is 13.5 Å². The van der Waals surface area contributed by atoms with E-state index in [1.165, 1.54) is 0 Å². The van der Waals surface area contributed by atoms with Crippen LogP contribution >= 0.6 is 0 Å². The van der Waals surface area contributed by atoms with Crippen molar-refractivity contribution < 1.29 is 4.79 Å². The van der Waals surface area contributed by atoms with Gasteiger partial charge in [0, 0.05) is 5.41 Å². The van der Waals surface area contributed by atoms with Crippen LogP contribution in [0.1, 0.15) is 32.1 Å². The molecule has 0 aromatic carbocycles. The van der Waals surface area contributed by atoms with Gasteiger partial charge in [-0.25, -0.2) is 0 Å². The van der Waals surface area contributed by atoms with Crippen molar-refractivity contribution in [3.63, 3.8) is 0 Å². The topological polar surface area (TPSA) is 17.1 Å². The van der Waals surface area contributed by atoms with Crippen molar-refractivity contribution in [2.45, 2.75) is 37.4 Å². The van der Waals surface area contributed by atoms with E-state index >= 15 is 0 Å². The highest BCUT2D eigenvalue weighted by Gasteiger charge is 2.52. The van der Waals surface area contributed by atoms with Crippen LogP contribution in [0.2, 0.25) is 5.31 Å². The summed E-state index contributed by atoms with van der Waals surface area (Å²) in [6.07, 6.45) is 4.62. The Kier molecular flexibility index (Phi) is 1.31. The molecule has 2 rings (SSSR count). The van der Waals surface area contributed by atoms with E-state index in [1.807, 2.05) is 0 Å². The summed E-state index contributed by atoms with van der Waals surface area (Å²) in [6.45, 7) is 0. The zero-order valence-electron chi connectivity index (χ0n) is 6.60. The monoisotopic (exact) mass is 144 g/mol. The Morgan fingerprint density at radius 1 is 1.18 bits per heavy atom. The van der Waals surface area contributed by atoms with Crippen molar-refractivity contribution in [3.8, 4) is 0 Å². The Hall–Kier alpha value is -0.200. The summed E-state index contributed by atoms with van der Waals surface area (Å²) in [7, 11) is 11.3. The standard InChI is InChI=1S/C8H10B2O/c9-6(11)7-1-3-8(10,5-7)4-2-7/h1-5H2. The second-order valence-corrected chi connectivity index (χ2v) is 4.18. The van der Waals surface area contributed by atoms with Crippen molar-refractivity contribution in [3.05, 3.63) is 0 Å². The zero-order chi connectivity index (χ0) is 8.11. The van der Waals surface area contributed by atoms with Gasteiger partial charge in [0.2, 0.25) is 0 Å². The minimum absolute atomic E-state index is 0.0466. The number of hydrogen-bond donors (Lipinski definition) is 0. The minimum Gasteiger partial charge on any atom is -0.312 e. The highest BCUT2D eigenvalue weighted by atomic mass is 16.1. The van der Waals surface area contributed by atoms with E-state index in [2.05, 4.69) is 0 Å². The average molecular weight is 144 g/mol. The van der Waals surface area contributed by atoms with Gasteiger partial charge in [0.15, 0.2) is 7.85 Å². The molecule has 0 amide bonds. The van der Waals surface area contributed by atoms with Crippen molar-refractivity contribution in [2.24, 2.45) is 5.41 Å². The highest BCUT2D eigenvalue weighted by Crippen LogP contribution is 2.64. The SMILES string of the molecule is [B]C(=O)C12CCC([B])(CC1)C2. The molecule has 0 heterocycles. The van der Waals surface area contributed by atoms with Crippen LogP contribution in [0, 0.1) is 5.41 Å². The fraction of sp³-hybridized carbons (Fsp3) is 0.875. The van der Waals surface area contributed by atoms with Gasteiger partial charge < -0.3 is 4.79 Å². The first kappa shape index (κ1) is 7.45. The van der Waals surface area contributed by atoms with Crippen LogP contribution < -0.4 is 0 Å². The highest BCUT2D eigenvalue weighted by molar-refractivity contribution is 6.59. The van der Waals surface area contributed by atoms with Gasteiger partial charge >= 0.3 is 0 Å². The normalized spacial score (nSPS) is 48.0. The van der Waals surface area contributed by atoms with E-state index in [9.17, 15) is 4.79 Å². The van der Waals surface area contributed by atoms with E-state index in [0.717, 1.165) is 32.1 Å². The molecule has 2 aliphatic rings. The summed E-state index contributed by atoms with van der Waals surface area (Å²) in [5.74, 6) is 0. The molecule has 0 N–H and O–H groups in total. The van der Waals surface area contributed by atoms with Crippen LogP contribution in [0.15, 0.2) is 0 Å². The number of hydrogen-bond acceptors (Lipinski definition) is 1. The lowest BCUT2D eigenvalue weighted by Crippen LogP contribution is -2.25. The Labute approximate surface area is 69.7 Å². The average Bonchev–Trinajstić information content (AvgIpc) is 2.42. The lowest BCUT2D eigenvalue weighted by atomic mass is 9.67. The lowest BCUT2D eigenvalue weighted by Gasteiger charge is -2.24.